The van der Waals surface area contributed by atoms with E-state index in [1.807, 2.05) is 32.0 Å². The number of hydrogen-bond donors (Lipinski definition) is 1. The summed E-state index contributed by atoms with van der Waals surface area (Å²) in [5.41, 5.74) is 1.70. The molecule has 1 aromatic rings. The van der Waals surface area contributed by atoms with Gasteiger partial charge in [-0.2, -0.15) is 0 Å². The lowest BCUT2D eigenvalue weighted by molar-refractivity contribution is -0.148. The molecule has 1 aliphatic rings. The molecule has 1 aliphatic carbocycles. The summed E-state index contributed by atoms with van der Waals surface area (Å²) in [6.07, 6.45) is 0.882. The highest BCUT2D eigenvalue weighted by atomic mass is 16.4. The minimum Gasteiger partial charge on any atom is -0.480 e. The monoisotopic (exact) mass is 247 g/mol. The Balaban J connectivity index is 2.29. The van der Waals surface area contributed by atoms with Gasteiger partial charge in [0, 0.05) is 12.7 Å². The van der Waals surface area contributed by atoms with Crippen molar-refractivity contribution in [2.24, 2.45) is 5.41 Å². The Kier molecular flexibility index (Phi) is 2.89. The van der Waals surface area contributed by atoms with Crippen molar-refractivity contribution in [3.8, 4) is 0 Å². The number of amides is 1. The van der Waals surface area contributed by atoms with E-state index in [2.05, 4.69) is 0 Å². The molecule has 1 N–H and O–H groups in total. The van der Waals surface area contributed by atoms with E-state index in [4.69, 9.17) is 5.11 Å². The number of hydrogen-bond acceptors (Lipinski definition) is 2. The summed E-state index contributed by atoms with van der Waals surface area (Å²) in [7, 11) is 1.64. The second kappa shape index (κ2) is 4.12. The third-order valence-electron chi connectivity index (χ3n) is 3.47. The number of nitrogens with zero attached hydrogens (tertiary/aromatic N) is 1. The van der Waals surface area contributed by atoms with Crippen molar-refractivity contribution in [3.05, 3.63) is 29.3 Å². The first-order valence-electron chi connectivity index (χ1n) is 5.97. The number of carboxylic acid groups (broad SMARTS) is 1. The van der Waals surface area contributed by atoms with Crippen LogP contribution in [0.5, 0.6) is 0 Å². The second-order valence-corrected chi connectivity index (χ2v) is 5.10. The van der Waals surface area contributed by atoms with Crippen LogP contribution < -0.4 is 4.90 Å². The van der Waals surface area contributed by atoms with Gasteiger partial charge in [0.15, 0.2) is 0 Å². The molecule has 1 saturated carbocycles. The van der Waals surface area contributed by atoms with Crippen molar-refractivity contribution in [2.45, 2.75) is 26.7 Å². The maximum atomic E-state index is 12.2. The lowest BCUT2D eigenvalue weighted by Gasteiger charge is -2.22. The van der Waals surface area contributed by atoms with E-state index in [-0.39, 0.29) is 5.91 Å². The van der Waals surface area contributed by atoms with E-state index in [9.17, 15) is 9.59 Å². The van der Waals surface area contributed by atoms with Crippen LogP contribution in [0.15, 0.2) is 18.2 Å². The molecule has 0 spiro atoms. The third-order valence-corrected chi connectivity index (χ3v) is 3.47. The van der Waals surface area contributed by atoms with Crippen LogP contribution in [-0.4, -0.2) is 24.0 Å². The first-order valence-corrected chi connectivity index (χ1v) is 5.97. The van der Waals surface area contributed by atoms with Crippen LogP contribution in [0.1, 0.15) is 24.0 Å². The van der Waals surface area contributed by atoms with E-state index < -0.39 is 11.4 Å². The first kappa shape index (κ1) is 12.6. The standard InChI is InChI=1S/C14H17NO3/c1-9-6-10(2)8-11(7-9)15(3)12(16)14(4-5-14)13(17)18/h6-8H,4-5H2,1-3H3,(H,17,18). The molecule has 18 heavy (non-hydrogen) atoms. The summed E-state index contributed by atoms with van der Waals surface area (Å²) in [6.45, 7) is 3.91. The number of aryl methyl sites for hydroxylation is 2. The Morgan fingerprint density at radius 3 is 2.06 bits per heavy atom. The fourth-order valence-electron chi connectivity index (χ4n) is 2.23. The molecule has 2 rings (SSSR count). The molecule has 0 heterocycles. The largest absolute Gasteiger partial charge is 0.480 e. The Morgan fingerprint density at radius 1 is 1.17 bits per heavy atom. The molecular formula is C14H17NO3. The van der Waals surface area contributed by atoms with Crippen LogP contribution in [0.4, 0.5) is 5.69 Å². The highest BCUT2D eigenvalue weighted by molar-refractivity contribution is 6.11. The molecule has 0 aliphatic heterocycles. The summed E-state index contributed by atoms with van der Waals surface area (Å²) in [4.78, 5) is 24.8. The number of anilines is 1. The number of carbonyl (C=O) groups is 2. The minimum absolute atomic E-state index is 0.319. The van der Waals surface area contributed by atoms with Crippen molar-refractivity contribution in [2.75, 3.05) is 11.9 Å². The van der Waals surface area contributed by atoms with Gasteiger partial charge in [-0.1, -0.05) is 6.07 Å². The van der Waals surface area contributed by atoms with Gasteiger partial charge in [-0.25, -0.2) is 0 Å². The third kappa shape index (κ3) is 1.98. The van der Waals surface area contributed by atoms with Gasteiger partial charge in [-0.05, 0) is 49.9 Å². The predicted molar refractivity (Wildman–Crippen MR) is 68.6 cm³/mol. The molecule has 0 unspecified atom stereocenters. The molecule has 1 amide bonds. The van der Waals surface area contributed by atoms with Crippen molar-refractivity contribution in [1.29, 1.82) is 0 Å². The molecule has 0 radical (unpaired) electrons. The molecule has 0 bridgehead atoms. The van der Waals surface area contributed by atoms with Gasteiger partial charge in [-0.15, -0.1) is 0 Å². The molecule has 4 heteroatoms. The van der Waals surface area contributed by atoms with Gasteiger partial charge in [0.1, 0.15) is 5.41 Å². The zero-order valence-corrected chi connectivity index (χ0v) is 10.9. The molecule has 96 valence electrons. The number of benzene rings is 1. The summed E-state index contributed by atoms with van der Waals surface area (Å²) in [5, 5.41) is 9.13. The van der Waals surface area contributed by atoms with Gasteiger partial charge >= 0.3 is 5.97 Å². The van der Waals surface area contributed by atoms with Gasteiger partial charge in [0.25, 0.3) is 0 Å². The van der Waals surface area contributed by atoms with Gasteiger partial charge in [0.05, 0.1) is 0 Å². The second-order valence-electron chi connectivity index (χ2n) is 5.10. The summed E-state index contributed by atoms with van der Waals surface area (Å²) in [6, 6.07) is 5.80. The molecule has 4 nitrogen and oxygen atoms in total. The smallest absolute Gasteiger partial charge is 0.319 e. The van der Waals surface area contributed by atoms with Gasteiger partial charge < -0.3 is 10.0 Å². The first-order chi connectivity index (χ1) is 8.36. The lowest BCUT2D eigenvalue weighted by Crippen LogP contribution is -2.38. The Labute approximate surface area is 106 Å². The number of rotatable bonds is 3. The summed E-state index contributed by atoms with van der Waals surface area (Å²) >= 11 is 0. The van der Waals surface area contributed by atoms with Gasteiger partial charge in [0.2, 0.25) is 5.91 Å². The Morgan fingerprint density at radius 2 is 1.67 bits per heavy atom. The van der Waals surface area contributed by atoms with E-state index in [0.29, 0.717) is 12.8 Å². The molecule has 0 aromatic heterocycles. The predicted octanol–water partition coefficient (Wildman–Crippen LogP) is 2.13. The Bertz CT molecular complexity index is 498. The van der Waals surface area contributed by atoms with Crippen LogP contribution in [0.3, 0.4) is 0 Å². The zero-order valence-electron chi connectivity index (χ0n) is 10.9. The average Bonchev–Trinajstić information content (AvgIpc) is 3.06. The van der Waals surface area contributed by atoms with Crippen LogP contribution in [0, 0.1) is 19.3 Å². The van der Waals surface area contributed by atoms with Crippen molar-refractivity contribution in [3.63, 3.8) is 0 Å². The van der Waals surface area contributed by atoms with Crippen LogP contribution in [-0.2, 0) is 9.59 Å². The van der Waals surface area contributed by atoms with Crippen molar-refractivity contribution < 1.29 is 14.7 Å². The van der Waals surface area contributed by atoms with Crippen LogP contribution >= 0.6 is 0 Å². The maximum Gasteiger partial charge on any atom is 0.319 e. The van der Waals surface area contributed by atoms with E-state index in [0.717, 1.165) is 16.8 Å². The maximum absolute atomic E-state index is 12.2. The number of carboxylic acids is 1. The van der Waals surface area contributed by atoms with E-state index >= 15 is 0 Å². The SMILES string of the molecule is Cc1cc(C)cc(N(C)C(=O)C2(C(=O)O)CC2)c1. The highest BCUT2D eigenvalue weighted by Crippen LogP contribution is 2.47. The fraction of sp³-hybridized carbons (Fsp3) is 0.429. The molecule has 0 atom stereocenters. The molecule has 1 fully saturated rings. The normalized spacial score (nSPS) is 16.2. The molecular weight excluding hydrogens is 230 g/mol. The lowest BCUT2D eigenvalue weighted by atomic mass is 10.0. The highest BCUT2D eigenvalue weighted by Gasteiger charge is 2.58. The summed E-state index contributed by atoms with van der Waals surface area (Å²) in [5.74, 6) is -1.33. The number of aliphatic carboxylic acids is 1. The number of carbonyl (C=O) groups excluding carboxylic acids is 1. The Hall–Kier alpha value is -1.84. The molecule has 0 saturated heterocycles. The quantitative estimate of drug-likeness (QED) is 0.832. The molecule has 1 aromatic carbocycles. The van der Waals surface area contributed by atoms with Gasteiger partial charge in [-0.3, -0.25) is 9.59 Å². The van der Waals surface area contributed by atoms with Crippen molar-refractivity contribution >= 4 is 17.6 Å². The zero-order chi connectivity index (χ0) is 13.5. The van der Waals surface area contributed by atoms with Crippen LogP contribution in [0.2, 0.25) is 0 Å². The van der Waals surface area contributed by atoms with Crippen molar-refractivity contribution in [1.82, 2.24) is 0 Å². The average molecular weight is 247 g/mol. The topological polar surface area (TPSA) is 57.6 Å². The van der Waals surface area contributed by atoms with E-state index in [1.165, 1.54) is 4.90 Å². The summed E-state index contributed by atoms with van der Waals surface area (Å²) < 4.78 is 0. The fourth-order valence-corrected chi connectivity index (χ4v) is 2.23. The van der Waals surface area contributed by atoms with E-state index in [1.54, 1.807) is 7.05 Å². The minimum atomic E-state index is -1.17. The van der Waals surface area contributed by atoms with Crippen LogP contribution in [0.25, 0.3) is 0 Å².